The molecular weight excluding hydrogens is 282 g/mol. The fraction of sp³-hybridized carbons (Fsp3) is 0.750. The molecule has 7 heteroatoms. The van der Waals surface area contributed by atoms with E-state index in [1.54, 1.807) is 11.8 Å². The number of nitrogens with zero attached hydrogens (tertiary/aromatic N) is 2. The van der Waals surface area contributed by atoms with Crippen molar-refractivity contribution < 1.29 is 9.53 Å². The lowest BCUT2D eigenvalue weighted by Gasteiger charge is -2.15. The molecule has 5 nitrogen and oxygen atoms in total. The summed E-state index contributed by atoms with van der Waals surface area (Å²) in [6.45, 7) is 4.29. The molecule has 1 atom stereocenters. The number of aromatic nitrogens is 2. The zero-order valence-electron chi connectivity index (χ0n) is 11.2. The SMILES string of the molecule is CCOC(=O)C(CSc1nc(CC)ns1)NC1CC1. The first-order valence-electron chi connectivity index (χ1n) is 6.61. The summed E-state index contributed by atoms with van der Waals surface area (Å²) in [5, 5.41) is 3.33. The molecule has 1 heterocycles. The monoisotopic (exact) mass is 301 g/mol. The molecule has 0 spiro atoms. The Morgan fingerprint density at radius 1 is 1.58 bits per heavy atom. The van der Waals surface area contributed by atoms with Crippen LogP contribution in [-0.2, 0) is 16.0 Å². The van der Waals surface area contributed by atoms with Crippen LogP contribution >= 0.6 is 23.3 Å². The Labute approximate surface area is 121 Å². The molecule has 1 fully saturated rings. The molecule has 0 saturated heterocycles. The Hall–Kier alpha value is -0.660. The van der Waals surface area contributed by atoms with Crippen LogP contribution in [0.1, 0.15) is 32.5 Å². The highest BCUT2D eigenvalue weighted by Gasteiger charge is 2.29. The van der Waals surface area contributed by atoms with Gasteiger partial charge >= 0.3 is 5.97 Å². The summed E-state index contributed by atoms with van der Waals surface area (Å²) < 4.78 is 10.3. The summed E-state index contributed by atoms with van der Waals surface area (Å²) in [5.74, 6) is 1.35. The Balaban J connectivity index is 1.85. The highest BCUT2D eigenvalue weighted by molar-refractivity contribution is 8.01. The predicted octanol–water partition coefficient (Wildman–Crippen LogP) is 1.88. The summed E-state index contributed by atoms with van der Waals surface area (Å²) in [5.41, 5.74) is 0. The first-order valence-corrected chi connectivity index (χ1v) is 8.36. The summed E-state index contributed by atoms with van der Waals surface area (Å²) >= 11 is 2.97. The van der Waals surface area contributed by atoms with E-state index in [0.29, 0.717) is 18.4 Å². The van der Waals surface area contributed by atoms with E-state index < -0.39 is 0 Å². The Kier molecular flexibility index (Phi) is 5.59. The Bertz CT molecular complexity index is 421. The number of carbonyl (C=O) groups is 1. The second-order valence-corrected chi connectivity index (χ2v) is 6.41. The minimum absolute atomic E-state index is 0.165. The van der Waals surface area contributed by atoms with Crippen LogP contribution in [0.15, 0.2) is 4.34 Å². The number of hydrogen-bond donors (Lipinski definition) is 1. The number of hydrogen-bond acceptors (Lipinski definition) is 7. The largest absolute Gasteiger partial charge is 0.465 e. The summed E-state index contributed by atoms with van der Waals surface area (Å²) in [6.07, 6.45) is 3.15. The van der Waals surface area contributed by atoms with E-state index in [2.05, 4.69) is 14.7 Å². The highest BCUT2D eigenvalue weighted by Crippen LogP contribution is 2.24. The van der Waals surface area contributed by atoms with E-state index in [1.807, 2.05) is 13.8 Å². The van der Waals surface area contributed by atoms with Crippen LogP contribution in [0.4, 0.5) is 0 Å². The minimum atomic E-state index is -0.244. The summed E-state index contributed by atoms with van der Waals surface area (Å²) in [6, 6.07) is 0.238. The highest BCUT2D eigenvalue weighted by atomic mass is 32.2. The van der Waals surface area contributed by atoms with Crippen molar-refractivity contribution in [2.24, 2.45) is 0 Å². The van der Waals surface area contributed by atoms with Gasteiger partial charge in [0.2, 0.25) is 0 Å². The van der Waals surface area contributed by atoms with Crippen molar-refractivity contribution in [3.05, 3.63) is 5.82 Å². The quantitative estimate of drug-likeness (QED) is 0.584. The molecule has 1 N–H and O–H groups in total. The van der Waals surface area contributed by atoms with E-state index in [9.17, 15) is 4.79 Å². The van der Waals surface area contributed by atoms with Gasteiger partial charge in [-0.15, -0.1) is 0 Å². The van der Waals surface area contributed by atoms with Crippen LogP contribution in [0.3, 0.4) is 0 Å². The van der Waals surface area contributed by atoms with E-state index in [-0.39, 0.29) is 12.0 Å². The van der Waals surface area contributed by atoms with Crippen LogP contribution in [-0.4, -0.2) is 39.8 Å². The Morgan fingerprint density at radius 3 is 2.95 bits per heavy atom. The molecule has 1 aliphatic rings. The topological polar surface area (TPSA) is 64.1 Å². The number of nitrogens with one attached hydrogen (secondary N) is 1. The van der Waals surface area contributed by atoms with Crippen molar-refractivity contribution in [2.45, 2.75) is 49.5 Å². The molecular formula is C12H19N3O2S2. The predicted molar refractivity (Wildman–Crippen MR) is 76.6 cm³/mol. The average Bonchev–Trinajstić information content (AvgIpc) is 3.11. The molecule has 1 aromatic heterocycles. The van der Waals surface area contributed by atoms with Gasteiger partial charge in [-0.1, -0.05) is 18.7 Å². The van der Waals surface area contributed by atoms with Gasteiger partial charge in [0, 0.05) is 18.2 Å². The number of thioether (sulfide) groups is 1. The van der Waals surface area contributed by atoms with Gasteiger partial charge in [-0.3, -0.25) is 4.79 Å². The number of carbonyl (C=O) groups excluding carboxylic acids is 1. The molecule has 0 radical (unpaired) electrons. The van der Waals surface area contributed by atoms with Crippen molar-refractivity contribution in [2.75, 3.05) is 12.4 Å². The summed E-state index contributed by atoms with van der Waals surface area (Å²) in [7, 11) is 0. The van der Waals surface area contributed by atoms with Gasteiger partial charge in [-0.05, 0) is 31.3 Å². The molecule has 0 amide bonds. The third-order valence-corrected chi connectivity index (χ3v) is 4.69. The van der Waals surface area contributed by atoms with Gasteiger partial charge in [-0.25, -0.2) is 4.98 Å². The summed E-state index contributed by atoms with van der Waals surface area (Å²) in [4.78, 5) is 16.2. The molecule has 1 aliphatic carbocycles. The Morgan fingerprint density at radius 2 is 2.37 bits per heavy atom. The van der Waals surface area contributed by atoms with Crippen molar-refractivity contribution in [1.29, 1.82) is 0 Å². The number of rotatable bonds is 8. The maximum Gasteiger partial charge on any atom is 0.324 e. The molecule has 1 unspecified atom stereocenters. The van der Waals surface area contributed by atoms with Gasteiger partial charge in [0.1, 0.15) is 11.9 Å². The lowest BCUT2D eigenvalue weighted by Crippen LogP contribution is -2.41. The van der Waals surface area contributed by atoms with E-state index in [1.165, 1.54) is 11.5 Å². The van der Waals surface area contributed by atoms with Crippen LogP contribution in [0.2, 0.25) is 0 Å². The molecule has 0 aromatic carbocycles. The van der Waals surface area contributed by atoms with Gasteiger partial charge in [0.15, 0.2) is 4.34 Å². The molecule has 1 aromatic rings. The normalized spacial score (nSPS) is 16.3. The van der Waals surface area contributed by atoms with Crippen molar-refractivity contribution in [3.63, 3.8) is 0 Å². The molecule has 19 heavy (non-hydrogen) atoms. The van der Waals surface area contributed by atoms with Gasteiger partial charge < -0.3 is 10.1 Å². The molecule has 106 valence electrons. The number of esters is 1. The van der Waals surface area contributed by atoms with E-state index in [4.69, 9.17) is 4.74 Å². The van der Waals surface area contributed by atoms with Crippen molar-refractivity contribution in [1.82, 2.24) is 14.7 Å². The lowest BCUT2D eigenvalue weighted by atomic mass is 10.3. The zero-order chi connectivity index (χ0) is 13.7. The lowest BCUT2D eigenvalue weighted by molar-refractivity contribution is -0.145. The molecule has 0 aliphatic heterocycles. The van der Waals surface area contributed by atoms with E-state index in [0.717, 1.165) is 29.4 Å². The average molecular weight is 301 g/mol. The fourth-order valence-electron chi connectivity index (χ4n) is 1.56. The smallest absolute Gasteiger partial charge is 0.324 e. The van der Waals surface area contributed by atoms with E-state index >= 15 is 0 Å². The van der Waals surface area contributed by atoms with Crippen LogP contribution < -0.4 is 5.32 Å². The van der Waals surface area contributed by atoms with Crippen molar-refractivity contribution >= 4 is 29.3 Å². The van der Waals surface area contributed by atoms with Crippen LogP contribution in [0, 0.1) is 0 Å². The van der Waals surface area contributed by atoms with Gasteiger partial charge in [-0.2, -0.15) is 4.37 Å². The second-order valence-electron chi connectivity index (χ2n) is 4.39. The van der Waals surface area contributed by atoms with Crippen LogP contribution in [0.5, 0.6) is 0 Å². The second kappa shape index (κ2) is 7.21. The molecule has 1 saturated carbocycles. The van der Waals surface area contributed by atoms with Gasteiger partial charge in [0.05, 0.1) is 6.61 Å². The molecule has 2 rings (SSSR count). The third-order valence-electron chi connectivity index (χ3n) is 2.72. The maximum absolute atomic E-state index is 11.9. The minimum Gasteiger partial charge on any atom is -0.465 e. The van der Waals surface area contributed by atoms with Gasteiger partial charge in [0.25, 0.3) is 0 Å². The first-order chi connectivity index (χ1) is 9.22. The number of ether oxygens (including phenoxy) is 1. The van der Waals surface area contributed by atoms with Crippen LogP contribution in [0.25, 0.3) is 0 Å². The third kappa shape index (κ3) is 4.74. The fourth-order valence-corrected chi connectivity index (χ4v) is 3.29. The first kappa shape index (κ1) is 14.7. The van der Waals surface area contributed by atoms with Crippen molar-refractivity contribution in [3.8, 4) is 0 Å². The zero-order valence-corrected chi connectivity index (χ0v) is 12.9. The number of aryl methyl sites for hydroxylation is 1. The standard InChI is InChI=1S/C12H19N3O2S2/c1-3-10-14-12(19-15-10)18-7-9(11(16)17-4-2)13-8-5-6-8/h8-9,13H,3-7H2,1-2H3. The molecule has 0 bridgehead atoms. The maximum atomic E-state index is 11.9.